The molecule has 1 saturated heterocycles. The Morgan fingerprint density at radius 1 is 1.44 bits per heavy atom. The van der Waals surface area contributed by atoms with E-state index < -0.39 is 0 Å². The fourth-order valence-corrected chi connectivity index (χ4v) is 2.25. The summed E-state index contributed by atoms with van der Waals surface area (Å²) >= 11 is 5.83. The van der Waals surface area contributed by atoms with Crippen molar-refractivity contribution in [3.8, 4) is 0 Å². The van der Waals surface area contributed by atoms with Crippen LogP contribution in [0, 0.1) is 5.92 Å². The van der Waals surface area contributed by atoms with Crippen LogP contribution < -0.4 is 4.90 Å². The van der Waals surface area contributed by atoms with Crippen molar-refractivity contribution in [2.24, 2.45) is 5.92 Å². The summed E-state index contributed by atoms with van der Waals surface area (Å²) in [5.74, 6) is 1.29. The quantitative estimate of drug-likeness (QED) is 0.802. The molecule has 2 heterocycles. The lowest BCUT2D eigenvalue weighted by Gasteiger charge is -2.33. The average Bonchev–Trinajstić information content (AvgIpc) is 2.29. The normalized spacial score (nSPS) is 19.8. The first-order valence-electron chi connectivity index (χ1n) is 5.57. The Labute approximate surface area is 100 Å². The molecular formula is C11H16ClN3O. The number of rotatable bonds is 2. The van der Waals surface area contributed by atoms with Crippen LogP contribution in [0.2, 0.25) is 5.15 Å². The maximum atomic E-state index is 9.51. The molecule has 1 aliphatic rings. The standard InChI is InChI=1S/C11H16ClN3O/c1-8(16)9-2-4-15(5-3-9)11-6-10(12)13-7-14-11/h6-9,16H,2-5H2,1H3/t8-/m1/s1. The van der Waals surface area contributed by atoms with E-state index in [0.29, 0.717) is 11.1 Å². The number of piperidine rings is 1. The van der Waals surface area contributed by atoms with E-state index in [0.717, 1.165) is 31.7 Å². The van der Waals surface area contributed by atoms with Crippen molar-refractivity contribution < 1.29 is 5.11 Å². The van der Waals surface area contributed by atoms with Gasteiger partial charge in [0, 0.05) is 19.2 Å². The molecule has 5 heteroatoms. The molecule has 1 aliphatic heterocycles. The first-order valence-corrected chi connectivity index (χ1v) is 5.95. The Hall–Kier alpha value is -0.870. The first-order chi connectivity index (χ1) is 7.66. The van der Waals surface area contributed by atoms with E-state index in [1.807, 2.05) is 6.92 Å². The predicted molar refractivity (Wildman–Crippen MR) is 63.7 cm³/mol. The van der Waals surface area contributed by atoms with Crippen molar-refractivity contribution >= 4 is 17.4 Å². The van der Waals surface area contributed by atoms with Gasteiger partial charge in [0.2, 0.25) is 0 Å². The molecule has 0 bridgehead atoms. The van der Waals surface area contributed by atoms with E-state index in [-0.39, 0.29) is 6.10 Å². The molecular weight excluding hydrogens is 226 g/mol. The largest absolute Gasteiger partial charge is 0.393 e. The summed E-state index contributed by atoms with van der Waals surface area (Å²) in [4.78, 5) is 10.3. The van der Waals surface area contributed by atoms with Crippen LogP contribution in [0.5, 0.6) is 0 Å². The number of aliphatic hydroxyl groups excluding tert-OH is 1. The van der Waals surface area contributed by atoms with Crippen LogP contribution >= 0.6 is 11.6 Å². The zero-order valence-electron chi connectivity index (χ0n) is 9.30. The van der Waals surface area contributed by atoms with Crippen molar-refractivity contribution in [3.05, 3.63) is 17.5 Å². The third kappa shape index (κ3) is 2.62. The Balaban J connectivity index is 1.99. The zero-order valence-corrected chi connectivity index (χ0v) is 10.1. The third-order valence-corrected chi connectivity index (χ3v) is 3.37. The third-order valence-electron chi connectivity index (χ3n) is 3.17. The fourth-order valence-electron chi connectivity index (χ4n) is 2.11. The molecule has 1 fully saturated rings. The molecule has 0 amide bonds. The number of aromatic nitrogens is 2. The first kappa shape index (κ1) is 11.6. The number of hydrogen-bond acceptors (Lipinski definition) is 4. The molecule has 16 heavy (non-hydrogen) atoms. The molecule has 0 radical (unpaired) electrons. The molecule has 0 spiro atoms. The molecule has 0 saturated carbocycles. The molecule has 2 rings (SSSR count). The van der Waals surface area contributed by atoms with Gasteiger partial charge in [-0.25, -0.2) is 9.97 Å². The van der Waals surface area contributed by atoms with Crippen LogP contribution in [0.15, 0.2) is 12.4 Å². The summed E-state index contributed by atoms with van der Waals surface area (Å²) in [5, 5.41) is 9.99. The minimum absolute atomic E-state index is 0.212. The second-order valence-electron chi connectivity index (χ2n) is 4.26. The van der Waals surface area contributed by atoms with Gasteiger partial charge in [-0.05, 0) is 25.7 Å². The van der Waals surface area contributed by atoms with E-state index >= 15 is 0 Å². The summed E-state index contributed by atoms with van der Waals surface area (Å²) in [6, 6.07) is 1.78. The fraction of sp³-hybridized carbons (Fsp3) is 0.636. The van der Waals surface area contributed by atoms with Gasteiger partial charge >= 0.3 is 0 Å². The zero-order chi connectivity index (χ0) is 11.5. The number of aliphatic hydroxyl groups is 1. The maximum absolute atomic E-state index is 9.51. The molecule has 1 atom stereocenters. The van der Waals surface area contributed by atoms with Gasteiger partial charge in [0.1, 0.15) is 17.3 Å². The molecule has 1 N–H and O–H groups in total. The number of halogens is 1. The Kier molecular flexibility index (Phi) is 3.61. The van der Waals surface area contributed by atoms with Crippen molar-refractivity contribution in [1.29, 1.82) is 0 Å². The van der Waals surface area contributed by atoms with Crippen LogP contribution in [-0.2, 0) is 0 Å². The monoisotopic (exact) mass is 241 g/mol. The van der Waals surface area contributed by atoms with Crippen molar-refractivity contribution in [2.45, 2.75) is 25.9 Å². The van der Waals surface area contributed by atoms with E-state index in [1.165, 1.54) is 6.33 Å². The molecule has 0 aliphatic carbocycles. The summed E-state index contributed by atoms with van der Waals surface area (Å²) in [6.07, 6.45) is 3.27. The minimum atomic E-state index is -0.212. The molecule has 1 aromatic rings. The second kappa shape index (κ2) is 4.97. The minimum Gasteiger partial charge on any atom is -0.393 e. The van der Waals surface area contributed by atoms with Gasteiger partial charge in [-0.15, -0.1) is 0 Å². The summed E-state index contributed by atoms with van der Waals surface area (Å²) in [6.45, 7) is 3.70. The summed E-state index contributed by atoms with van der Waals surface area (Å²) in [5.41, 5.74) is 0. The lowest BCUT2D eigenvalue weighted by Crippen LogP contribution is -2.37. The van der Waals surface area contributed by atoms with Crippen LogP contribution in [0.1, 0.15) is 19.8 Å². The lowest BCUT2D eigenvalue weighted by molar-refractivity contribution is 0.110. The van der Waals surface area contributed by atoms with Crippen LogP contribution in [0.3, 0.4) is 0 Å². The van der Waals surface area contributed by atoms with Crippen molar-refractivity contribution in [3.63, 3.8) is 0 Å². The molecule has 1 aromatic heterocycles. The molecule has 88 valence electrons. The Morgan fingerprint density at radius 3 is 2.69 bits per heavy atom. The van der Waals surface area contributed by atoms with Crippen molar-refractivity contribution in [2.75, 3.05) is 18.0 Å². The number of anilines is 1. The predicted octanol–water partition coefficient (Wildman–Crippen LogP) is 1.73. The molecule has 0 unspecified atom stereocenters. The molecule has 4 nitrogen and oxygen atoms in total. The van der Waals surface area contributed by atoms with Crippen LogP contribution in [0.4, 0.5) is 5.82 Å². The van der Waals surface area contributed by atoms with Crippen molar-refractivity contribution in [1.82, 2.24) is 9.97 Å². The van der Waals surface area contributed by atoms with E-state index in [2.05, 4.69) is 14.9 Å². The summed E-state index contributed by atoms with van der Waals surface area (Å²) in [7, 11) is 0. The van der Waals surface area contributed by atoms with Gasteiger partial charge < -0.3 is 10.0 Å². The maximum Gasteiger partial charge on any atom is 0.134 e. The van der Waals surface area contributed by atoms with Gasteiger partial charge in [0.25, 0.3) is 0 Å². The highest BCUT2D eigenvalue weighted by atomic mass is 35.5. The van der Waals surface area contributed by atoms with Gasteiger partial charge in [-0.2, -0.15) is 0 Å². The van der Waals surface area contributed by atoms with E-state index in [9.17, 15) is 5.11 Å². The Bertz CT molecular complexity index is 351. The van der Waals surface area contributed by atoms with Gasteiger partial charge in [0.15, 0.2) is 0 Å². The lowest BCUT2D eigenvalue weighted by atomic mass is 9.92. The van der Waals surface area contributed by atoms with Crippen LogP contribution in [0.25, 0.3) is 0 Å². The van der Waals surface area contributed by atoms with Gasteiger partial charge in [-0.3, -0.25) is 0 Å². The number of hydrogen-bond donors (Lipinski definition) is 1. The highest BCUT2D eigenvalue weighted by molar-refractivity contribution is 6.29. The Morgan fingerprint density at radius 2 is 2.12 bits per heavy atom. The van der Waals surface area contributed by atoms with E-state index in [4.69, 9.17) is 11.6 Å². The summed E-state index contributed by atoms with van der Waals surface area (Å²) < 4.78 is 0. The smallest absolute Gasteiger partial charge is 0.134 e. The highest BCUT2D eigenvalue weighted by Gasteiger charge is 2.23. The highest BCUT2D eigenvalue weighted by Crippen LogP contribution is 2.24. The topological polar surface area (TPSA) is 49.2 Å². The van der Waals surface area contributed by atoms with E-state index in [1.54, 1.807) is 6.07 Å². The SMILES string of the molecule is C[C@@H](O)C1CCN(c2cc(Cl)ncn2)CC1. The van der Waals surface area contributed by atoms with Gasteiger partial charge in [0.05, 0.1) is 6.10 Å². The van der Waals surface area contributed by atoms with Gasteiger partial charge in [-0.1, -0.05) is 11.6 Å². The average molecular weight is 242 g/mol. The van der Waals surface area contributed by atoms with Crippen LogP contribution in [-0.4, -0.2) is 34.3 Å². The number of nitrogens with zero attached hydrogens (tertiary/aromatic N) is 3. The molecule has 0 aromatic carbocycles. The second-order valence-corrected chi connectivity index (χ2v) is 4.65.